The van der Waals surface area contributed by atoms with Crippen LogP contribution in [0, 0.1) is 11.6 Å². The highest BCUT2D eigenvalue weighted by Crippen LogP contribution is 2.35. The molecule has 0 fully saturated rings. The van der Waals surface area contributed by atoms with Gasteiger partial charge in [-0.25, -0.2) is 8.78 Å². The molecule has 3 nitrogen and oxygen atoms in total. The van der Waals surface area contributed by atoms with Crippen molar-refractivity contribution in [1.29, 1.82) is 0 Å². The first-order valence-electron chi connectivity index (χ1n) is 6.68. The molecular weight excluding hydrogens is 276 g/mol. The summed E-state index contributed by atoms with van der Waals surface area (Å²) in [5.41, 5.74) is 1.26. The molecule has 1 aliphatic heterocycles. The topological polar surface area (TPSA) is 30.5 Å². The Balaban J connectivity index is 1.73. The normalized spacial score (nSPS) is 16.4. The molecule has 0 amide bonds. The van der Waals surface area contributed by atoms with Crippen LogP contribution in [-0.2, 0) is 6.61 Å². The van der Waals surface area contributed by atoms with Gasteiger partial charge in [-0.3, -0.25) is 0 Å². The molecule has 0 spiro atoms. The van der Waals surface area contributed by atoms with Crippen LogP contribution in [0.3, 0.4) is 0 Å². The molecule has 2 aromatic carbocycles. The summed E-state index contributed by atoms with van der Waals surface area (Å²) in [6.07, 6.45) is 0. The molecule has 0 saturated carbocycles. The molecule has 1 atom stereocenters. The molecule has 3 rings (SSSR count). The average Bonchev–Trinajstić information content (AvgIpc) is 2.91. The van der Waals surface area contributed by atoms with Crippen molar-refractivity contribution in [3.05, 3.63) is 59.2 Å². The third-order valence-electron chi connectivity index (χ3n) is 3.54. The van der Waals surface area contributed by atoms with Crippen LogP contribution in [0.1, 0.15) is 17.2 Å². The lowest BCUT2D eigenvalue weighted by atomic mass is 10.1. The number of likely N-dealkylation sites (N-methyl/N-ethyl adjacent to an activating group) is 1. The Morgan fingerprint density at radius 3 is 2.95 bits per heavy atom. The quantitative estimate of drug-likeness (QED) is 0.938. The Morgan fingerprint density at radius 2 is 2.14 bits per heavy atom. The molecule has 1 unspecified atom stereocenters. The van der Waals surface area contributed by atoms with E-state index in [1.807, 2.05) is 13.1 Å². The minimum atomic E-state index is -0.870. The number of rotatable bonds is 4. The molecule has 21 heavy (non-hydrogen) atoms. The molecule has 110 valence electrons. The summed E-state index contributed by atoms with van der Waals surface area (Å²) < 4.78 is 37.7. The van der Waals surface area contributed by atoms with Crippen molar-refractivity contribution >= 4 is 0 Å². The predicted molar refractivity (Wildman–Crippen MR) is 74.4 cm³/mol. The minimum Gasteiger partial charge on any atom is -0.491 e. The molecule has 0 aliphatic carbocycles. The summed E-state index contributed by atoms with van der Waals surface area (Å²) in [6.45, 7) is 0.547. The van der Waals surface area contributed by atoms with E-state index in [1.54, 1.807) is 12.1 Å². The third kappa shape index (κ3) is 2.69. The fourth-order valence-electron chi connectivity index (χ4n) is 2.34. The van der Waals surface area contributed by atoms with E-state index in [-0.39, 0.29) is 18.2 Å². The second-order valence-electron chi connectivity index (χ2n) is 4.85. The fourth-order valence-corrected chi connectivity index (χ4v) is 2.34. The van der Waals surface area contributed by atoms with Crippen LogP contribution >= 0.6 is 0 Å². The smallest absolute Gasteiger partial charge is 0.165 e. The van der Waals surface area contributed by atoms with Gasteiger partial charge < -0.3 is 14.8 Å². The fraction of sp³-hybridized carbons (Fsp3) is 0.250. The van der Waals surface area contributed by atoms with Gasteiger partial charge in [0, 0.05) is 17.2 Å². The van der Waals surface area contributed by atoms with Gasteiger partial charge in [0.1, 0.15) is 24.7 Å². The zero-order chi connectivity index (χ0) is 14.8. The van der Waals surface area contributed by atoms with Crippen LogP contribution in [0.15, 0.2) is 36.4 Å². The lowest BCUT2D eigenvalue weighted by Crippen LogP contribution is -2.17. The van der Waals surface area contributed by atoms with Crippen molar-refractivity contribution in [2.75, 3.05) is 13.7 Å². The van der Waals surface area contributed by atoms with E-state index in [0.29, 0.717) is 12.4 Å². The molecule has 0 radical (unpaired) electrons. The van der Waals surface area contributed by atoms with E-state index >= 15 is 0 Å². The summed E-state index contributed by atoms with van der Waals surface area (Å²) in [6, 6.07) is 9.70. The number of fused-ring (bicyclic) bond motifs is 1. The number of halogens is 2. The molecular formula is C16H15F2NO2. The van der Waals surface area contributed by atoms with E-state index in [4.69, 9.17) is 9.47 Å². The molecule has 0 saturated heterocycles. The van der Waals surface area contributed by atoms with Gasteiger partial charge >= 0.3 is 0 Å². The van der Waals surface area contributed by atoms with E-state index in [1.165, 1.54) is 12.1 Å². The van der Waals surface area contributed by atoms with Crippen LogP contribution in [0.5, 0.6) is 11.5 Å². The maximum absolute atomic E-state index is 13.5. The van der Waals surface area contributed by atoms with Crippen LogP contribution in [0.25, 0.3) is 0 Å². The SMILES string of the molecule is CNC1COc2cc(OCc3cccc(F)c3F)ccc21. The standard InChI is InChI=1S/C16H15F2NO2/c1-19-14-9-21-15-7-11(5-6-12(14)15)20-8-10-3-2-4-13(17)16(10)18/h2-7,14,19H,8-9H2,1H3. The zero-order valence-corrected chi connectivity index (χ0v) is 11.5. The molecule has 2 aromatic rings. The Bertz CT molecular complexity index is 661. The van der Waals surface area contributed by atoms with E-state index in [0.717, 1.165) is 17.4 Å². The lowest BCUT2D eigenvalue weighted by molar-refractivity contribution is 0.292. The molecule has 1 N–H and O–H groups in total. The number of benzene rings is 2. The van der Waals surface area contributed by atoms with Gasteiger partial charge in [-0.15, -0.1) is 0 Å². The second kappa shape index (κ2) is 5.69. The third-order valence-corrected chi connectivity index (χ3v) is 3.54. The average molecular weight is 291 g/mol. The Labute approximate surface area is 121 Å². The van der Waals surface area contributed by atoms with Crippen molar-refractivity contribution < 1.29 is 18.3 Å². The van der Waals surface area contributed by atoms with Crippen molar-refractivity contribution in [2.45, 2.75) is 12.6 Å². The highest BCUT2D eigenvalue weighted by atomic mass is 19.2. The largest absolute Gasteiger partial charge is 0.491 e. The predicted octanol–water partition coefficient (Wildman–Crippen LogP) is 3.20. The van der Waals surface area contributed by atoms with Crippen LogP contribution in [0.2, 0.25) is 0 Å². The van der Waals surface area contributed by atoms with E-state index in [2.05, 4.69) is 5.32 Å². The first kappa shape index (κ1) is 13.8. The van der Waals surface area contributed by atoms with Crippen molar-refractivity contribution in [3.63, 3.8) is 0 Å². The highest BCUT2D eigenvalue weighted by molar-refractivity contribution is 5.45. The number of hydrogen-bond donors (Lipinski definition) is 1. The van der Waals surface area contributed by atoms with E-state index < -0.39 is 11.6 Å². The monoisotopic (exact) mass is 291 g/mol. The van der Waals surface area contributed by atoms with Gasteiger partial charge in [-0.2, -0.15) is 0 Å². The van der Waals surface area contributed by atoms with Gasteiger partial charge in [0.15, 0.2) is 11.6 Å². The van der Waals surface area contributed by atoms with Crippen molar-refractivity contribution in [2.24, 2.45) is 0 Å². The maximum Gasteiger partial charge on any atom is 0.165 e. The summed E-state index contributed by atoms with van der Waals surface area (Å²) in [4.78, 5) is 0. The van der Waals surface area contributed by atoms with Crippen molar-refractivity contribution in [1.82, 2.24) is 5.32 Å². The maximum atomic E-state index is 13.5. The molecule has 1 heterocycles. The molecule has 0 aromatic heterocycles. The van der Waals surface area contributed by atoms with Crippen LogP contribution in [-0.4, -0.2) is 13.7 Å². The molecule has 5 heteroatoms. The Hall–Kier alpha value is -2.14. The second-order valence-corrected chi connectivity index (χ2v) is 4.85. The first-order chi connectivity index (χ1) is 10.2. The first-order valence-corrected chi connectivity index (χ1v) is 6.68. The van der Waals surface area contributed by atoms with Gasteiger partial charge in [-0.05, 0) is 25.2 Å². The van der Waals surface area contributed by atoms with Gasteiger partial charge in [0.2, 0.25) is 0 Å². The summed E-state index contributed by atoms with van der Waals surface area (Å²) in [7, 11) is 1.88. The van der Waals surface area contributed by atoms with Crippen LogP contribution in [0.4, 0.5) is 8.78 Å². The Morgan fingerprint density at radius 1 is 1.29 bits per heavy atom. The lowest BCUT2D eigenvalue weighted by Gasteiger charge is -2.10. The Kier molecular flexibility index (Phi) is 3.75. The van der Waals surface area contributed by atoms with Gasteiger partial charge in [0.05, 0.1) is 6.04 Å². The zero-order valence-electron chi connectivity index (χ0n) is 11.5. The summed E-state index contributed by atoms with van der Waals surface area (Å²) in [5, 5.41) is 3.15. The van der Waals surface area contributed by atoms with Gasteiger partial charge in [-0.1, -0.05) is 12.1 Å². The van der Waals surface area contributed by atoms with E-state index in [9.17, 15) is 8.78 Å². The number of ether oxygens (including phenoxy) is 2. The molecule has 1 aliphatic rings. The van der Waals surface area contributed by atoms with Gasteiger partial charge in [0.25, 0.3) is 0 Å². The number of hydrogen-bond acceptors (Lipinski definition) is 3. The number of nitrogens with one attached hydrogen (secondary N) is 1. The summed E-state index contributed by atoms with van der Waals surface area (Å²) in [5.74, 6) is -0.420. The van der Waals surface area contributed by atoms with Crippen molar-refractivity contribution in [3.8, 4) is 11.5 Å². The molecule has 0 bridgehead atoms. The highest BCUT2D eigenvalue weighted by Gasteiger charge is 2.22. The summed E-state index contributed by atoms with van der Waals surface area (Å²) >= 11 is 0. The van der Waals surface area contributed by atoms with Crippen LogP contribution < -0.4 is 14.8 Å². The minimum absolute atomic E-state index is 0.0299.